The molecule has 0 aromatic heterocycles. The first kappa shape index (κ1) is 12.5. The second-order valence-corrected chi connectivity index (χ2v) is 3.89. The van der Waals surface area contributed by atoms with Gasteiger partial charge in [0.2, 0.25) is 5.91 Å². The molecule has 4 nitrogen and oxygen atoms in total. The number of piperidine rings is 1. The average molecular weight is 214 g/mol. The molecular formula is C11H22N2O2. The van der Waals surface area contributed by atoms with Crippen molar-refractivity contribution in [3.05, 3.63) is 0 Å². The molecule has 1 aliphatic rings. The fourth-order valence-corrected chi connectivity index (χ4v) is 1.75. The minimum Gasteiger partial charge on any atom is -0.382 e. The first-order valence-electron chi connectivity index (χ1n) is 5.90. The van der Waals surface area contributed by atoms with Gasteiger partial charge in [0.1, 0.15) is 0 Å². The van der Waals surface area contributed by atoms with E-state index >= 15 is 0 Å². The van der Waals surface area contributed by atoms with Crippen molar-refractivity contribution in [2.45, 2.75) is 38.6 Å². The summed E-state index contributed by atoms with van der Waals surface area (Å²) in [5, 5.41) is 6.34. The van der Waals surface area contributed by atoms with Crippen molar-refractivity contribution in [2.75, 3.05) is 26.3 Å². The summed E-state index contributed by atoms with van der Waals surface area (Å²) < 4.78 is 5.18. The Morgan fingerprint density at radius 2 is 2.20 bits per heavy atom. The number of rotatable bonds is 6. The van der Waals surface area contributed by atoms with Crippen LogP contribution in [0.2, 0.25) is 0 Å². The van der Waals surface area contributed by atoms with Crippen molar-refractivity contribution in [3.63, 3.8) is 0 Å². The summed E-state index contributed by atoms with van der Waals surface area (Å²) in [6.07, 6.45) is 3.52. The largest absolute Gasteiger partial charge is 0.382 e. The van der Waals surface area contributed by atoms with Crippen LogP contribution < -0.4 is 10.6 Å². The minimum absolute atomic E-state index is 0.168. The molecule has 15 heavy (non-hydrogen) atoms. The standard InChI is InChI=1S/C11H22N2O2/c1-2-15-9-3-4-11(14)13-10-5-7-12-8-6-10/h10,12H,2-9H2,1H3,(H,13,14). The van der Waals surface area contributed by atoms with E-state index in [0.717, 1.165) is 39.0 Å². The lowest BCUT2D eigenvalue weighted by Crippen LogP contribution is -2.42. The summed E-state index contributed by atoms with van der Waals surface area (Å²) in [5.74, 6) is 0.168. The summed E-state index contributed by atoms with van der Waals surface area (Å²) in [6, 6.07) is 0.380. The van der Waals surface area contributed by atoms with Crippen LogP contribution in [0.5, 0.6) is 0 Å². The SMILES string of the molecule is CCOCCCC(=O)NC1CCNCC1. The van der Waals surface area contributed by atoms with Crippen molar-refractivity contribution in [3.8, 4) is 0 Å². The molecule has 0 aromatic carbocycles. The van der Waals surface area contributed by atoms with Crippen LogP contribution in [-0.2, 0) is 9.53 Å². The first-order valence-corrected chi connectivity index (χ1v) is 5.90. The lowest BCUT2D eigenvalue weighted by atomic mass is 10.1. The number of amides is 1. The van der Waals surface area contributed by atoms with Gasteiger partial charge in [-0.15, -0.1) is 0 Å². The molecule has 0 spiro atoms. The Labute approximate surface area is 91.8 Å². The van der Waals surface area contributed by atoms with Crippen molar-refractivity contribution >= 4 is 5.91 Å². The second kappa shape index (κ2) is 7.65. The third-order valence-corrected chi connectivity index (χ3v) is 2.60. The van der Waals surface area contributed by atoms with Crippen LogP contribution >= 0.6 is 0 Å². The van der Waals surface area contributed by atoms with Crippen molar-refractivity contribution in [2.24, 2.45) is 0 Å². The molecule has 1 heterocycles. The van der Waals surface area contributed by atoms with Crippen LogP contribution in [0.3, 0.4) is 0 Å². The van der Waals surface area contributed by atoms with Crippen LogP contribution in [0, 0.1) is 0 Å². The molecule has 0 saturated carbocycles. The van der Waals surface area contributed by atoms with E-state index in [1.165, 1.54) is 0 Å². The first-order chi connectivity index (χ1) is 7.33. The lowest BCUT2D eigenvalue weighted by molar-refractivity contribution is -0.122. The van der Waals surface area contributed by atoms with Crippen molar-refractivity contribution < 1.29 is 9.53 Å². The van der Waals surface area contributed by atoms with Gasteiger partial charge in [0.25, 0.3) is 0 Å². The molecule has 1 aliphatic heterocycles. The molecule has 0 bridgehead atoms. The summed E-state index contributed by atoms with van der Waals surface area (Å²) >= 11 is 0. The molecule has 0 unspecified atom stereocenters. The van der Waals surface area contributed by atoms with Crippen LogP contribution in [0.15, 0.2) is 0 Å². The Bertz CT molecular complexity index is 179. The normalized spacial score (nSPS) is 17.7. The molecular weight excluding hydrogens is 192 g/mol. The number of nitrogens with one attached hydrogen (secondary N) is 2. The van der Waals surface area contributed by atoms with Gasteiger partial charge in [-0.1, -0.05) is 0 Å². The molecule has 2 N–H and O–H groups in total. The second-order valence-electron chi connectivity index (χ2n) is 3.89. The van der Waals surface area contributed by atoms with Crippen LogP contribution in [-0.4, -0.2) is 38.3 Å². The van der Waals surface area contributed by atoms with E-state index in [9.17, 15) is 4.79 Å². The van der Waals surface area contributed by atoms with E-state index < -0.39 is 0 Å². The summed E-state index contributed by atoms with van der Waals surface area (Å²) in [5.41, 5.74) is 0. The highest BCUT2D eigenvalue weighted by atomic mass is 16.5. The Balaban J connectivity index is 2.01. The monoisotopic (exact) mass is 214 g/mol. The van der Waals surface area contributed by atoms with E-state index in [1.54, 1.807) is 0 Å². The third-order valence-electron chi connectivity index (χ3n) is 2.60. The van der Waals surface area contributed by atoms with Gasteiger partial charge in [0.05, 0.1) is 0 Å². The molecule has 0 atom stereocenters. The Morgan fingerprint density at radius 1 is 1.47 bits per heavy atom. The maximum absolute atomic E-state index is 11.5. The molecule has 1 fully saturated rings. The molecule has 0 radical (unpaired) electrons. The van der Waals surface area contributed by atoms with Crippen LogP contribution in [0.4, 0.5) is 0 Å². The number of carbonyl (C=O) groups is 1. The highest BCUT2D eigenvalue weighted by Gasteiger charge is 2.14. The molecule has 0 aromatic rings. The van der Waals surface area contributed by atoms with Gasteiger partial charge in [-0.05, 0) is 39.3 Å². The zero-order chi connectivity index (χ0) is 10.9. The maximum atomic E-state index is 11.5. The number of hydrogen-bond donors (Lipinski definition) is 2. The van der Waals surface area contributed by atoms with Gasteiger partial charge in [0.15, 0.2) is 0 Å². The number of ether oxygens (including phenoxy) is 1. The predicted molar refractivity (Wildman–Crippen MR) is 59.8 cm³/mol. The molecule has 88 valence electrons. The lowest BCUT2D eigenvalue weighted by Gasteiger charge is -2.23. The molecule has 1 saturated heterocycles. The van der Waals surface area contributed by atoms with Gasteiger partial charge < -0.3 is 15.4 Å². The summed E-state index contributed by atoms with van der Waals surface area (Å²) in [7, 11) is 0. The van der Waals surface area contributed by atoms with Gasteiger partial charge in [0, 0.05) is 25.7 Å². The van der Waals surface area contributed by atoms with E-state index in [2.05, 4.69) is 10.6 Å². The Hall–Kier alpha value is -0.610. The number of carbonyl (C=O) groups excluding carboxylic acids is 1. The van der Waals surface area contributed by atoms with Gasteiger partial charge in [-0.25, -0.2) is 0 Å². The van der Waals surface area contributed by atoms with E-state index in [4.69, 9.17) is 4.74 Å². The van der Waals surface area contributed by atoms with Crippen molar-refractivity contribution in [1.29, 1.82) is 0 Å². The van der Waals surface area contributed by atoms with Crippen LogP contribution in [0.25, 0.3) is 0 Å². The topological polar surface area (TPSA) is 50.4 Å². The highest BCUT2D eigenvalue weighted by Crippen LogP contribution is 2.02. The predicted octanol–water partition coefficient (Wildman–Crippen LogP) is 0.671. The summed E-state index contributed by atoms with van der Waals surface area (Å²) in [6.45, 7) is 5.43. The third kappa shape index (κ3) is 5.74. The van der Waals surface area contributed by atoms with Gasteiger partial charge in [-0.3, -0.25) is 4.79 Å². The Morgan fingerprint density at radius 3 is 2.87 bits per heavy atom. The van der Waals surface area contributed by atoms with Gasteiger partial charge >= 0.3 is 0 Å². The van der Waals surface area contributed by atoms with Crippen LogP contribution in [0.1, 0.15) is 32.6 Å². The molecule has 0 aliphatic carbocycles. The zero-order valence-corrected chi connectivity index (χ0v) is 9.55. The van der Waals surface area contributed by atoms with Gasteiger partial charge in [-0.2, -0.15) is 0 Å². The fourth-order valence-electron chi connectivity index (χ4n) is 1.75. The minimum atomic E-state index is 0.168. The average Bonchev–Trinajstić information content (AvgIpc) is 2.26. The van der Waals surface area contributed by atoms with Crippen molar-refractivity contribution in [1.82, 2.24) is 10.6 Å². The molecule has 1 rings (SSSR count). The zero-order valence-electron chi connectivity index (χ0n) is 9.55. The summed E-state index contributed by atoms with van der Waals surface area (Å²) in [4.78, 5) is 11.5. The molecule has 4 heteroatoms. The quantitative estimate of drug-likeness (QED) is 0.639. The smallest absolute Gasteiger partial charge is 0.220 e. The van der Waals surface area contributed by atoms with E-state index in [1.807, 2.05) is 6.92 Å². The number of hydrogen-bond acceptors (Lipinski definition) is 3. The maximum Gasteiger partial charge on any atom is 0.220 e. The Kier molecular flexibility index (Phi) is 6.36. The van der Waals surface area contributed by atoms with E-state index in [-0.39, 0.29) is 5.91 Å². The fraction of sp³-hybridized carbons (Fsp3) is 0.909. The van der Waals surface area contributed by atoms with E-state index in [0.29, 0.717) is 19.1 Å². The molecule has 1 amide bonds. The highest BCUT2D eigenvalue weighted by molar-refractivity contribution is 5.76.